The van der Waals surface area contributed by atoms with Gasteiger partial charge in [-0.15, -0.1) is 0 Å². The van der Waals surface area contributed by atoms with Crippen molar-refractivity contribution < 1.29 is 0 Å². The van der Waals surface area contributed by atoms with Crippen LogP contribution in [0.1, 0.15) is 41.5 Å². The van der Waals surface area contributed by atoms with Gasteiger partial charge in [0.15, 0.2) is 0 Å². The van der Waals surface area contributed by atoms with Crippen LogP contribution in [0.3, 0.4) is 0 Å². The van der Waals surface area contributed by atoms with Crippen molar-refractivity contribution in [3.63, 3.8) is 0 Å². The zero-order valence-electron chi connectivity index (χ0n) is 8.15. The molecule has 0 aliphatic heterocycles. The van der Waals surface area contributed by atoms with Crippen molar-refractivity contribution in [2.45, 2.75) is 41.5 Å². The summed E-state index contributed by atoms with van der Waals surface area (Å²) in [5.74, 6) is 0. The lowest BCUT2D eigenvalue weighted by molar-refractivity contribution is 0.192. The van der Waals surface area contributed by atoms with E-state index in [-0.39, 0.29) is 0 Å². The second-order valence-corrected chi connectivity index (χ2v) is 4.47. The molecule has 0 radical (unpaired) electrons. The van der Waals surface area contributed by atoms with E-state index in [0.29, 0.717) is 10.8 Å². The molecule has 10 heavy (non-hydrogen) atoms. The Morgan fingerprint density at radius 2 is 1.30 bits per heavy atom. The largest absolute Gasteiger partial charge is 0.0911 e. The third-order valence-corrected chi connectivity index (χ3v) is 2.52. The second-order valence-electron chi connectivity index (χ2n) is 4.47. The lowest BCUT2D eigenvalue weighted by Gasteiger charge is -2.36. The number of hydrogen-bond donors (Lipinski definition) is 0. The van der Waals surface area contributed by atoms with E-state index in [4.69, 9.17) is 0 Å². The van der Waals surface area contributed by atoms with Crippen LogP contribution in [0.2, 0.25) is 0 Å². The molecule has 0 heterocycles. The quantitative estimate of drug-likeness (QED) is 0.488. The van der Waals surface area contributed by atoms with Gasteiger partial charge in [-0.2, -0.15) is 0 Å². The molecule has 0 aromatic carbocycles. The van der Waals surface area contributed by atoms with Gasteiger partial charge in [0.05, 0.1) is 0 Å². The Kier molecular flexibility index (Phi) is 2.70. The Morgan fingerprint density at radius 3 is 1.40 bits per heavy atom. The van der Waals surface area contributed by atoms with Crippen LogP contribution >= 0.6 is 0 Å². The lowest BCUT2D eigenvalue weighted by atomic mass is 9.69. The van der Waals surface area contributed by atoms with E-state index in [9.17, 15) is 0 Å². The molecule has 0 aliphatic rings. The van der Waals surface area contributed by atoms with Gasteiger partial charge in [-0.1, -0.05) is 46.8 Å². The van der Waals surface area contributed by atoms with E-state index in [0.717, 1.165) is 0 Å². The predicted molar refractivity (Wildman–Crippen MR) is 48.1 cm³/mol. The molecule has 0 amide bonds. The van der Waals surface area contributed by atoms with Crippen molar-refractivity contribution in [2.75, 3.05) is 0 Å². The summed E-state index contributed by atoms with van der Waals surface area (Å²) >= 11 is 0. The van der Waals surface area contributed by atoms with Gasteiger partial charge in [-0.3, -0.25) is 0 Å². The molecule has 0 rings (SSSR count). The first-order valence-corrected chi connectivity index (χ1v) is 3.95. The molecule has 60 valence electrons. The number of hydrogen-bond acceptors (Lipinski definition) is 0. The Morgan fingerprint density at radius 1 is 0.900 bits per heavy atom. The molecular weight excluding hydrogens is 120 g/mol. The summed E-state index contributed by atoms with van der Waals surface area (Å²) < 4.78 is 0. The average molecular weight is 140 g/mol. The molecule has 0 nitrogen and oxygen atoms in total. The zero-order valence-corrected chi connectivity index (χ0v) is 8.15. The Hall–Kier alpha value is -0.260. The van der Waals surface area contributed by atoms with E-state index < -0.39 is 0 Å². The molecule has 0 fully saturated rings. The fourth-order valence-corrected chi connectivity index (χ4v) is 0.667. The summed E-state index contributed by atoms with van der Waals surface area (Å²) in [6.07, 6.45) is 4.40. The summed E-state index contributed by atoms with van der Waals surface area (Å²) in [6.45, 7) is 13.4. The van der Waals surface area contributed by atoms with Gasteiger partial charge < -0.3 is 0 Å². The van der Waals surface area contributed by atoms with Gasteiger partial charge in [0.25, 0.3) is 0 Å². The van der Waals surface area contributed by atoms with Gasteiger partial charge in [-0.25, -0.2) is 0 Å². The van der Waals surface area contributed by atoms with Crippen molar-refractivity contribution >= 4 is 0 Å². The smallest absolute Gasteiger partial charge is 0.0126 e. The van der Waals surface area contributed by atoms with Gasteiger partial charge in [0.1, 0.15) is 0 Å². The fourth-order valence-electron chi connectivity index (χ4n) is 0.667. The molecule has 0 aromatic rings. The predicted octanol–water partition coefficient (Wildman–Crippen LogP) is 3.63. The summed E-state index contributed by atoms with van der Waals surface area (Å²) in [5, 5.41) is 0. The lowest BCUT2D eigenvalue weighted by Crippen LogP contribution is -2.27. The Balaban J connectivity index is 4.40. The van der Waals surface area contributed by atoms with E-state index >= 15 is 0 Å². The first-order valence-electron chi connectivity index (χ1n) is 3.95. The third kappa shape index (κ3) is 2.17. The monoisotopic (exact) mass is 140 g/mol. The topological polar surface area (TPSA) is 0 Å². The van der Waals surface area contributed by atoms with Crippen molar-refractivity contribution in [2.24, 2.45) is 10.8 Å². The van der Waals surface area contributed by atoms with Crippen LogP contribution in [0, 0.1) is 10.8 Å². The van der Waals surface area contributed by atoms with Crippen molar-refractivity contribution in [3.05, 3.63) is 12.2 Å². The molecule has 0 N–H and O–H groups in total. The van der Waals surface area contributed by atoms with E-state index in [2.05, 4.69) is 53.7 Å². The van der Waals surface area contributed by atoms with Crippen LogP contribution in [-0.4, -0.2) is 0 Å². The van der Waals surface area contributed by atoms with Crippen molar-refractivity contribution in [1.82, 2.24) is 0 Å². The molecule has 0 atom stereocenters. The maximum Gasteiger partial charge on any atom is -0.0126 e. The summed E-state index contributed by atoms with van der Waals surface area (Å²) in [7, 11) is 0. The van der Waals surface area contributed by atoms with Gasteiger partial charge in [0.2, 0.25) is 0 Å². The highest BCUT2D eigenvalue weighted by atomic mass is 14.3. The molecule has 0 bridgehead atoms. The highest BCUT2D eigenvalue weighted by Crippen LogP contribution is 2.38. The van der Waals surface area contributed by atoms with Crippen LogP contribution < -0.4 is 0 Å². The van der Waals surface area contributed by atoms with Gasteiger partial charge in [-0.05, 0) is 17.8 Å². The molecule has 0 aliphatic carbocycles. The molecule has 0 saturated carbocycles. The van der Waals surface area contributed by atoms with Crippen LogP contribution in [0.4, 0.5) is 0 Å². The summed E-state index contributed by atoms with van der Waals surface area (Å²) in [6, 6.07) is 0. The SMILES string of the molecule is C/C=C/C(C)(C)C(C)(C)C. The fraction of sp³-hybridized carbons (Fsp3) is 0.800. The summed E-state index contributed by atoms with van der Waals surface area (Å²) in [5.41, 5.74) is 0.668. The van der Waals surface area contributed by atoms with Crippen LogP contribution in [0.25, 0.3) is 0 Å². The first kappa shape index (κ1) is 9.74. The minimum atomic E-state index is 0.307. The minimum Gasteiger partial charge on any atom is -0.0911 e. The Bertz CT molecular complexity index is 121. The standard InChI is InChI=1S/C10H20/c1-7-8-10(5,6)9(2,3)4/h7-8H,1-6H3/b8-7+. The Labute approximate surface area is 65.3 Å². The minimum absolute atomic E-state index is 0.307. The van der Waals surface area contributed by atoms with E-state index in [1.54, 1.807) is 0 Å². The highest BCUT2D eigenvalue weighted by Gasteiger charge is 2.29. The van der Waals surface area contributed by atoms with Crippen LogP contribution in [-0.2, 0) is 0 Å². The zero-order chi connectivity index (χ0) is 8.41. The molecule has 0 unspecified atom stereocenters. The normalized spacial score (nSPS) is 14.6. The van der Waals surface area contributed by atoms with Gasteiger partial charge >= 0.3 is 0 Å². The van der Waals surface area contributed by atoms with Gasteiger partial charge in [0, 0.05) is 0 Å². The highest BCUT2D eigenvalue weighted by molar-refractivity contribution is 4.99. The van der Waals surface area contributed by atoms with E-state index in [1.807, 2.05) is 0 Å². The first-order chi connectivity index (χ1) is 4.31. The summed E-state index contributed by atoms with van der Waals surface area (Å²) in [4.78, 5) is 0. The maximum atomic E-state index is 2.27. The molecular formula is C10H20. The number of rotatable bonds is 1. The van der Waals surface area contributed by atoms with E-state index in [1.165, 1.54) is 0 Å². The van der Waals surface area contributed by atoms with Crippen molar-refractivity contribution in [1.29, 1.82) is 0 Å². The second kappa shape index (κ2) is 2.77. The van der Waals surface area contributed by atoms with Crippen molar-refractivity contribution in [3.8, 4) is 0 Å². The average Bonchev–Trinajstić information content (AvgIpc) is 1.61. The third-order valence-electron chi connectivity index (χ3n) is 2.52. The number of allylic oxidation sites excluding steroid dienone is 2. The molecule has 0 spiro atoms. The molecule has 0 aromatic heterocycles. The van der Waals surface area contributed by atoms with Crippen LogP contribution in [0.5, 0.6) is 0 Å². The molecule has 0 heteroatoms. The molecule has 0 saturated heterocycles. The van der Waals surface area contributed by atoms with Crippen LogP contribution in [0.15, 0.2) is 12.2 Å². The maximum absolute atomic E-state index is 2.27.